The molecule has 0 saturated carbocycles. The molecule has 0 fully saturated rings. The Labute approximate surface area is 117 Å². The van der Waals surface area contributed by atoms with Crippen molar-refractivity contribution in [2.45, 2.75) is 37.6 Å². The van der Waals surface area contributed by atoms with Crippen LogP contribution in [0, 0.1) is 5.41 Å². The number of rotatable bonds is 4. The van der Waals surface area contributed by atoms with E-state index in [0.29, 0.717) is 4.88 Å². The third-order valence-electron chi connectivity index (χ3n) is 2.57. The van der Waals surface area contributed by atoms with Crippen molar-refractivity contribution < 1.29 is 13.2 Å². The molecule has 1 rings (SSSR count). The van der Waals surface area contributed by atoms with Crippen molar-refractivity contribution in [1.82, 2.24) is 5.32 Å². The lowest BCUT2D eigenvalue weighted by molar-refractivity contribution is -0.124. The molecule has 8 heteroatoms. The molecule has 1 amide bonds. The highest BCUT2D eigenvalue weighted by molar-refractivity contribution is 7.91. The summed E-state index contributed by atoms with van der Waals surface area (Å²) >= 11 is 1.03. The Bertz CT molecular complexity index is 558. The van der Waals surface area contributed by atoms with Crippen LogP contribution in [0.3, 0.4) is 0 Å². The summed E-state index contributed by atoms with van der Waals surface area (Å²) in [6.45, 7) is 5.87. The zero-order valence-electron chi connectivity index (χ0n) is 11.1. The maximum atomic E-state index is 11.8. The van der Waals surface area contributed by atoms with Gasteiger partial charge in [0.2, 0.25) is 15.9 Å². The summed E-state index contributed by atoms with van der Waals surface area (Å²) in [6, 6.07) is 2.42. The zero-order valence-corrected chi connectivity index (χ0v) is 12.8. The SMILES string of the molecule is CC(C)(C)[C@H](N)C(=O)NCc1ccc(S(N)(=O)=O)s1. The number of primary sulfonamides is 1. The average Bonchev–Trinajstić information content (AvgIpc) is 2.71. The van der Waals surface area contributed by atoms with Crippen LogP contribution < -0.4 is 16.2 Å². The van der Waals surface area contributed by atoms with Gasteiger partial charge < -0.3 is 11.1 Å². The number of nitrogens with two attached hydrogens (primary N) is 2. The number of hydrogen-bond acceptors (Lipinski definition) is 5. The molecular weight excluding hydrogens is 286 g/mol. The highest BCUT2D eigenvalue weighted by Gasteiger charge is 2.27. The van der Waals surface area contributed by atoms with Crippen molar-refractivity contribution in [2.24, 2.45) is 16.3 Å². The summed E-state index contributed by atoms with van der Waals surface area (Å²) in [7, 11) is -3.68. The second-order valence-corrected chi connectivity index (χ2v) is 8.28. The van der Waals surface area contributed by atoms with Crippen LogP contribution in [0.4, 0.5) is 0 Å². The van der Waals surface area contributed by atoms with Gasteiger partial charge in [0.25, 0.3) is 0 Å². The van der Waals surface area contributed by atoms with Gasteiger partial charge in [-0.05, 0) is 17.5 Å². The smallest absolute Gasteiger partial charge is 0.247 e. The van der Waals surface area contributed by atoms with Gasteiger partial charge in [-0.2, -0.15) is 0 Å². The Kier molecular flexibility index (Phi) is 4.72. The fraction of sp³-hybridized carbons (Fsp3) is 0.545. The number of hydrogen-bond donors (Lipinski definition) is 3. The first kappa shape index (κ1) is 16.1. The third-order valence-corrected chi connectivity index (χ3v) is 5.09. The molecule has 5 N–H and O–H groups in total. The van der Waals surface area contributed by atoms with Crippen LogP contribution in [0.2, 0.25) is 0 Å². The van der Waals surface area contributed by atoms with E-state index in [2.05, 4.69) is 5.32 Å². The van der Waals surface area contributed by atoms with Crippen LogP contribution in [0.25, 0.3) is 0 Å². The van der Waals surface area contributed by atoms with Crippen LogP contribution in [0.15, 0.2) is 16.3 Å². The van der Waals surface area contributed by atoms with E-state index in [-0.39, 0.29) is 22.1 Å². The summed E-state index contributed by atoms with van der Waals surface area (Å²) < 4.78 is 22.3. The quantitative estimate of drug-likeness (QED) is 0.746. The minimum atomic E-state index is -3.68. The number of nitrogens with one attached hydrogen (secondary N) is 1. The van der Waals surface area contributed by atoms with Crippen molar-refractivity contribution in [1.29, 1.82) is 0 Å². The average molecular weight is 305 g/mol. The summed E-state index contributed by atoms with van der Waals surface area (Å²) in [4.78, 5) is 12.5. The predicted molar refractivity (Wildman–Crippen MR) is 75.0 cm³/mol. The largest absolute Gasteiger partial charge is 0.350 e. The van der Waals surface area contributed by atoms with E-state index in [1.807, 2.05) is 20.8 Å². The first-order valence-corrected chi connectivity index (χ1v) is 8.03. The summed E-state index contributed by atoms with van der Waals surface area (Å²) in [5.41, 5.74) is 5.48. The van der Waals surface area contributed by atoms with Gasteiger partial charge >= 0.3 is 0 Å². The molecule has 0 aliphatic carbocycles. The normalized spacial score (nSPS) is 14.2. The standard InChI is InChI=1S/C11H19N3O3S2/c1-11(2,3)9(12)10(15)14-6-7-4-5-8(18-7)19(13,16)17/h4-5,9H,6,12H2,1-3H3,(H,14,15)(H2,13,16,17)/t9-/m1/s1. The molecule has 0 unspecified atom stereocenters. The van der Waals surface area contributed by atoms with E-state index < -0.39 is 16.1 Å². The van der Waals surface area contributed by atoms with E-state index in [4.69, 9.17) is 10.9 Å². The van der Waals surface area contributed by atoms with Crippen molar-refractivity contribution in [3.63, 3.8) is 0 Å². The molecule has 0 aliphatic heterocycles. The lowest BCUT2D eigenvalue weighted by atomic mass is 9.87. The molecule has 0 radical (unpaired) electrons. The van der Waals surface area contributed by atoms with Crippen LogP contribution in [0.1, 0.15) is 25.6 Å². The number of thiophene rings is 1. The molecule has 19 heavy (non-hydrogen) atoms. The second kappa shape index (κ2) is 5.58. The van der Waals surface area contributed by atoms with Gasteiger partial charge in [0.1, 0.15) is 4.21 Å². The number of amides is 1. The van der Waals surface area contributed by atoms with Crippen LogP contribution >= 0.6 is 11.3 Å². The second-order valence-electron chi connectivity index (χ2n) is 5.33. The fourth-order valence-electron chi connectivity index (χ4n) is 1.28. The Morgan fingerprint density at radius 3 is 2.42 bits per heavy atom. The van der Waals surface area contributed by atoms with E-state index in [1.165, 1.54) is 6.07 Å². The number of sulfonamides is 1. The molecular formula is C11H19N3O3S2. The van der Waals surface area contributed by atoms with Gasteiger partial charge in [0.15, 0.2) is 0 Å². The summed E-state index contributed by atoms with van der Waals surface area (Å²) in [5, 5.41) is 7.69. The Hall–Kier alpha value is -0.960. The van der Waals surface area contributed by atoms with Gasteiger partial charge in [-0.3, -0.25) is 4.79 Å². The minimum absolute atomic E-state index is 0.0804. The van der Waals surface area contributed by atoms with Gasteiger partial charge in [0, 0.05) is 4.88 Å². The Balaban J connectivity index is 2.64. The van der Waals surface area contributed by atoms with Crippen molar-refractivity contribution in [3.05, 3.63) is 17.0 Å². The number of carbonyl (C=O) groups is 1. The molecule has 0 aromatic carbocycles. The monoisotopic (exact) mass is 305 g/mol. The van der Waals surface area contributed by atoms with E-state index in [1.54, 1.807) is 6.07 Å². The van der Waals surface area contributed by atoms with Crippen molar-refractivity contribution in [2.75, 3.05) is 0 Å². The molecule has 0 aliphatic rings. The minimum Gasteiger partial charge on any atom is -0.350 e. The topological polar surface area (TPSA) is 115 Å². The predicted octanol–water partition coefficient (Wildman–Crippen LogP) is 0.385. The van der Waals surface area contributed by atoms with Crippen molar-refractivity contribution >= 4 is 27.3 Å². The highest BCUT2D eigenvalue weighted by atomic mass is 32.2. The molecule has 1 aromatic heterocycles. The maximum absolute atomic E-state index is 11.8. The van der Waals surface area contributed by atoms with Gasteiger partial charge in [-0.1, -0.05) is 20.8 Å². The lowest BCUT2D eigenvalue weighted by Gasteiger charge is -2.25. The molecule has 6 nitrogen and oxygen atoms in total. The molecule has 0 saturated heterocycles. The third kappa shape index (κ3) is 4.57. The molecule has 0 spiro atoms. The van der Waals surface area contributed by atoms with Crippen molar-refractivity contribution in [3.8, 4) is 0 Å². The first-order valence-electron chi connectivity index (χ1n) is 5.66. The van der Waals surface area contributed by atoms with Gasteiger partial charge in [0.05, 0.1) is 12.6 Å². The molecule has 1 aromatic rings. The van der Waals surface area contributed by atoms with E-state index >= 15 is 0 Å². The zero-order chi connectivity index (χ0) is 14.8. The molecule has 1 atom stereocenters. The lowest BCUT2D eigenvalue weighted by Crippen LogP contribution is -2.48. The van der Waals surface area contributed by atoms with Crippen LogP contribution in [0.5, 0.6) is 0 Å². The summed E-state index contributed by atoms with van der Waals surface area (Å²) in [6.07, 6.45) is 0. The highest BCUT2D eigenvalue weighted by Crippen LogP contribution is 2.21. The van der Waals surface area contributed by atoms with Gasteiger partial charge in [-0.15, -0.1) is 11.3 Å². The number of carbonyl (C=O) groups excluding carboxylic acids is 1. The molecule has 108 valence electrons. The van der Waals surface area contributed by atoms with Crippen LogP contribution in [-0.4, -0.2) is 20.4 Å². The first-order chi connectivity index (χ1) is 8.51. The molecule has 1 heterocycles. The van der Waals surface area contributed by atoms with E-state index in [0.717, 1.165) is 11.3 Å². The summed E-state index contributed by atoms with van der Waals surface area (Å²) in [5.74, 6) is -0.266. The fourth-order valence-corrected chi connectivity index (χ4v) is 3.00. The maximum Gasteiger partial charge on any atom is 0.247 e. The van der Waals surface area contributed by atoms with E-state index in [9.17, 15) is 13.2 Å². The van der Waals surface area contributed by atoms with Crippen LogP contribution in [-0.2, 0) is 21.4 Å². The Morgan fingerprint density at radius 1 is 1.42 bits per heavy atom. The van der Waals surface area contributed by atoms with Gasteiger partial charge in [-0.25, -0.2) is 13.6 Å². The Morgan fingerprint density at radius 2 is 2.00 bits per heavy atom. The molecule has 0 bridgehead atoms.